The number of ether oxygens (including phenoxy) is 2. The van der Waals surface area contributed by atoms with Crippen molar-refractivity contribution in [3.8, 4) is 17.2 Å². The minimum atomic E-state index is -1.16. The number of anilines is 2. The number of pyridine rings is 1. The molecular weight excluding hydrogens is 491 g/mol. The van der Waals surface area contributed by atoms with E-state index in [2.05, 4.69) is 15.6 Å². The molecule has 1 heterocycles. The summed E-state index contributed by atoms with van der Waals surface area (Å²) in [4.78, 5) is 41.7. The molecule has 4 aromatic rings. The molecule has 38 heavy (non-hydrogen) atoms. The molecule has 0 saturated heterocycles. The summed E-state index contributed by atoms with van der Waals surface area (Å²) in [6.45, 7) is 0. The number of primary amides is 1. The maximum absolute atomic E-state index is 13.1. The zero-order chi connectivity index (χ0) is 26.9. The normalized spacial score (nSPS) is 13.4. The number of carbonyl (C=O) groups excluding carboxylic acids is 3. The number of nitrogens with one attached hydrogen (secondary N) is 2. The Labute approximate surface area is 216 Å². The van der Waals surface area contributed by atoms with Gasteiger partial charge in [0.25, 0.3) is 5.91 Å². The molecule has 1 fully saturated rings. The third-order valence-electron chi connectivity index (χ3n) is 6.35. The molecule has 3 aromatic carbocycles. The van der Waals surface area contributed by atoms with E-state index in [1.54, 1.807) is 48.7 Å². The lowest BCUT2D eigenvalue weighted by Gasteiger charge is -2.16. The second kappa shape index (κ2) is 9.81. The highest BCUT2D eigenvalue weighted by atomic mass is 19.1. The second-order valence-electron chi connectivity index (χ2n) is 8.87. The number of fused-ring (bicyclic) bond motifs is 1. The van der Waals surface area contributed by atoms with Crippen LogP contribution < -0.4 is 25.8 Å². The maximum Gasteiger partial charge on any atom is 0.252 e. The highest BCUT2D eigenvalue weighted by Gasteiger charge is 2.56. The minimum Gasteiger partial charge on any atom is -0.496 e. The monoisotopic (exact) mass is 514 g/mol. The summed E-state index contributed by atoms with van der Waals surface area (Å²) in [6, 6.07) is 16.9. The van der Waals surface area contributed by atoms with Crippen LogP contribution in [0.1, 0.15) is 23.2 Å². The first-order chi connectivity index (χ1) is 18.3. The predicted octanol–water partition coefficient (Wildman–Crippen LogP) is 4.63. The summed E-state index contributed by atoms with van der Waals surface area (Å²) in [5, 5.41) is 6.09. The molecule has 1 saturated carbocycles. The van der Waals surface area contributed by atoms with Crippen LogP contribution in [0.25, 0.3) is 10.9 Å². The van der Waals surface area contributed by atoms with Crippen molar-refractivity contribution in [3.05, 3.63) is 84.3 Å². The third-order valence-corrected chi connectivity index (χ3v) is 6.35. The fourth-order valence-corrected chi connectivity index (χ4v) is 4.05. The van der Waals surface area contributed by atoms with Gasteiger partial charge in [0.15, 0.2) is 0 Å². The summed E-state index contributed by atoms with van der Waals surface area (Å²) < 4.78 is 24.4. The summed E-state index contributed by atoms with van der Waals surface area (Å²) in [6.07, 6.45) is 2.39. The first-order valence-corrected chi connectivity index (χ1v) is 11.7. The van der Waals surface area contributed by atoms with Crippen LogP contribution in [0.3, 0.4) is 0 Å². The van der Waals surface area contributed by atoms with Gasteiger partial charge in [0.05, 0.1) is 18.2 Å². The van der Waals surface area contributed by atoms with E-state index in [-0.39, 0.29) is 5.56 Å². The number of aromatic nitrogens is 1. The Kier molecular flexibility index (Phi) is 6.38. The molecule has 4 N–H and O–H groups in total. The average Bonchev–Trinajstić information content (AvgIpc) is 3.73. The largest absolute Gasteiger partial charge is 0.496 e. The van der Waals surface area contributed by atoms with E-state index in [1.807, 2.05) is 0 Å². The minimum absolute atomic E-state index is 0.213. The van der Waals surface area contributed by atoms with Crippen molar-refractivity contribution in [2.45, 2.75) is 12.8 Å². The van der Waals surface area contributed by atoms with E-state index in [0.717, 1.165) is 0 Å². The van der Waals surface area contributed by atoms with Crippen molar-refractivity contribution in [2.24, 2.45) is 11.1 Å². The SMILES string of the molecule is COc1cc2c(Oc3ccc(NC(=O)C4(C(=O)Nc5ccc(F)cc5)CC4)cc3)ccnc2cc1C(N)=O. The molecule has 0 spiro atoms. The number of nitrogens with two attached hydrogens (primary N) is 1. The van der Waals surface area contributed by atoms with E-state index in [1.165, 1.54) is 31.4 Å². The van der Waals surface area contributed by atoms with Gasteiger partial charge in [-0.25, -0.2) is 4.39 Å². The smallest absolute Gasteiger partial charge is 0.252 e. The van der Waals surface area contributed by atoms with E-state index in [4.69, 9.17) is 15.2 Å². The Hall–Kier alpha value is -4.99. The molecule has 3 amide bonds. The number of amides is 3. The Bertz CT molecular complexity index is 1550. The van der Waals surface area contributed by atoms with Crippen molar-refractivity contribution < 1.29 is 28.2 Å². The zero-order valence-electron chi connectivity index (χ0n) is 20.3. The van der Waals surface area contributed by atoms with Crippen LogP contribution >= 0.6 is 0 Å². The highest BCUT2D eigenvalue weighted by Crippen LogP contribution is 2.47. The quantitative estimate of drug-likeness (QED) is 0.294. The number of carbonyl (C=O) groups is 3. The van der Waals surface area contributed by atoms with Gasteiger partial charge in [0, 0.05) is 23.0 Å². The Morgan fingerprint density at radius 2 is 1.50 bits per heavy atom. The van der Waals surface area contributed by atoms with Gasteiger partial charge in [0.1, 0.15) is 28.5 Å². The van der Waals surface area contributed by atoms with Crippen LogP contribution in [0.4, 0.5) is 15.8 Å². The zero-order valence-corrected chi connectivity index (χ0v) is 20.3. The van der Waals surface area contributed by atoms with Crippen molar-refractivity contribution >= 4 is 40.0 Å². The fraction of sp³-hybridized carbons (Fsp3) is 0.143. The number of benzene rings is 3. The molecule has 1 aliphatic carbocycles. The summed E-state index contributed by atoms with van der Waals surface area (Å²) >= 11 is 0. The van der Waals surface area contributed by atoms with Crippen LogP contribution in [0.15, 0.2) is 72.9 Å². The average molecular weight is 515 g/mol. The molecule has 5 rings (SSSR count). The lowest BCUT2D eigenvalue weighted by atomic mass is 10.0. The first-order valence-electron chi connectivity index (χ1n) is 11.7. The van der Waals surface area contributed by atoms with Crippen LogP contribution in [0.2, 0.25) is 0 Å². The predicted molar refractivity (Wildman–Crippen MR) is 139 cm³/mol. The van der Waals surface area contributed by atoms with E-state index >= 15 is 0 Å². The number of hydrogen-bond acceptors (Lipinski definition) is 6. The second-order valence-corrected chi connectivity index (χ2v) is 8.87. The van der Waals surface area contributed by atoms with Gasteiger partial charge < -0.3 is 25.8 Å². The molecule has 0 atom stereocenters. The van der Waals surface area contributed by atoms with Crippen molar-refractivity contribution in [1.29, 1.82) is 0 Å². The topological polar surface area (TPSA) is 133 Å². The van der Waals surface area contributed by atoms with Crippen LogP contribution in [-0.4, -0.2) is 29.8 Å². The number of halogens is 1. The molecule has 0 radical (unpaired) electrons. The molecule has 0 unspecified atom stereocenters. The molecular formula is C28H23FN4O5. The van der Waals surface area contributed by atoms with Gasteiger partial charge in [-0.15, -0.1) is 0 Å². The molecule has 1 aliphatic rings. The standard InChI is InChI=1S/C28H23FN4O5/c1-37-24-15-20-22(14-21(24)25(30)34)31-13-10-23(20)38-19-8-6-18(7-9-19)33-27(36)28(11-12-28)26(35)32-17-4-2-16(29)3-5-17/h2-10,13-15H,11-12H2,1H3,(H2,30,34)(H,32,35)(H,33,36). The van der Waals surface area contributed by atoms with Gasteiger partial charge >= 0.3 is 0 Å². The number of rotatable bonds is 8. The fourth-order valence-electron chi connectivity index (χ4n) is 4.05. The van der Waals surface area contributed by atoms with Crippen LogP contribution in [0.5, 0.6) is 17.2 Å². The molecule has 1 aromatic heterocycles. The summed E-state index contributed by atoms with van der Waals surface area (Å²) in [7, 11) is 1.44. The lowest BCUT2D eigenvalue weighted by Crippen LogP contribution is -2.35. The highest BCUT2D eigenvalue weighted by molar-refractivity contribution is 6.16. The molecule has 10 heteroatoms. The number of methoxy groups -OCH3 is 1. The van der Waals surface area contributed by atoms with Gasteiger partial charge in [0.2, 0.25) is 11.8 Å². The Balaban J connectivity index is 1.28. The molecule has 192 valence electrons. The third kappa shape index (κ3) is 4.83. The number of nitrogens with zero attached hydrogens (tertiary/aromatic N) is 1. The van der Waals surface area contributed by atoms with E-state index < -0.39 is 29.0 Å². The molecule has 0 aliphatic heterocycles. The summed E-state index contributed by atoms with van der Waals surface area (Å²) in [5.74, 6) is -0.611. The molecule has 0 bridgehead atoms. The van der Waals surface area contributed by atoms with Crippen molar-refractivity contribution in [1.82, 2.24) is 4.98 Å². The van der Waals surface area contributed by atoms with Gasteiger partial charge in [-0.3, -0.25) is 19.4 Å². The summed E-state index contributed by atoms with van der Waals surface area (Å²) in [5.41, 5.74) is 5.91. The van der Waals surface area contributed by atoms with E-state index in [0.29, 0.717) is 52.4 Å². The van der Waals surface area contributed by atoms with Crippen LogP contribution in [-0.2, 0) is 9.59 Å². The van der Waals surface area contributed by atoms with Gasteiger partial charge in [-0.2, -0.15) is 0 Å². The maximum atomic E-state index is 13.1. The number of hydrogen-bond donors (Lipinski definition) is 3. The van der Waals surface area contributed by atoms with Crippen molar-refractivity contribution in [2.75, 3.05) is 17.7 Å². The Morgan fingerprint density at radius 1 is 0.895 bits per heavy atom. The van der Waals surface area contributed by atoms with Crippen LogP contribution in [0, 0.1) is 11.2 Å². The van der Waals surface area contributed by atoms with Gasteiger partial charge in [-0.05, 0) is 79.6 Å². The van der Waals surface area contributed by atoms with Crippen molar-refractivity contribution in [3.63, 3.8) is 0 Å². The molecule has 9 nitrogen and oxygen atoms in total. The lowest BCUT2D eigenvalue weighted by molar-refractivity contribution is -0.131. The van der Waals surface area contributed by atoms with E-state index in [9.17, 15) is 18.8 Å². The van der Waals surface area contributed by atoms with Gasteiger partial charge in [-0.1, -0.05) is 0 Å². The Morgan fingerprint density at radius 3 is 2.05 bits per heavy atom. The first kappa shape index (κ1) is 24.7.